The second kappa shape index (κ2) is 6.16. The number of amides is 1. The molecule has 3 nitrogen and oxygen atoms in total. The summed E-state index contributed by atoms with van der Waals surface area (Å²) in [6, 6.07) is 12.4. The quantitative estimate of drug-likeness (QED) is 0.923. The first-order valence-corrected chi connectivity index (χ1v) is 8.11. The van der Waals surface area contributed by atoms with Crippen molar-refractivity contribution >= 4 is 32.6 Å². The molecule has 1 fully saturated rings. The number of likely N-dealkylation sites (N-methyl/N-ethyl adjacent to an activating group) is 1. The van der Waals surface area contributed by atoms with Gasteiger partial charge in [-0.3, -0.25) is 4.79 Å². The summed E-state index contributed by atoms with van der Waals surface area (Å²) in [6.07, 6.45) is 2.36. The fourth-order valence-corrected chi connectivity index (χ4v) is 3.27. The highest BCUT2D eigenvalue weighted by Gasteiger charge is 2.19. The first-order valence-electron chi connectivity index (χ1n) is 7.31. The maximum Gasteiger partial charge on any atom is 0.253 e. The third kappa shape index (κ3) is 3.27. The van der Waals surface area contributed by atoms with Gasteiger partial charge in [0, 0.05) is 29.7 Å². The molecule has 0 saturated carbocycles. The van der Waals surface area contributed by atoms with Gasteiger partial charge >= 0.3 is 0 Å². The van der Waals surface area contributed by atoms with Gasteiger partial charge in [0.2, 0.25) is 0 Å². The Morgan fingerprint density at radius 1 is 1.29 bits per heavy atom. The van der Waals surface area contributed by atoms with Crippen LogP contribution in [-0.2, 0) is 0 Å². The van der Waals surface area contributed by atoms with Crippen molar-refractivity contribution in [1.82, 2.24) is 10.2 Å². The summed E-state index contributed by atoms with van der Waals surface area (Å²) < 4.78 is 1.05. The van der Waals surface area contributed by atoms with Gasteiger partial charge in [-0.2, -0.15) is 0 Å². The fraction of sp³-hybridized carbons (Fsp3) is 0.353. The number of hydrogen-bond donors (Lipinski definition) is 1. The van der Waals surface area contributed by atoms with Crippen LogP contribution in [-0.4, -0.2) is 37.0 Å². The van der Waals surface area contributed by atoms with E-state index in [0.29, 0.717) is 6.04 Å². The van der Waals surface area contributed by atoms with Gasteiger partial charge in [-0.15, -0.1) is 0 Å². The van der Waals surface area contributed by atoms with E-state index in [1.165, 1.54) is 6.42 Å². The first kappa shape index (κ1) is 14.5. The van der Waals surface area contributed by atoms with Crippen molar-refractivity contribution < 1.29 is 4.79 Å². The first-order chi connectivity index (χ1) is 10.1. The number of carbonyl (C=O) groups excluding carboxylic acids is 1. The number of nitrogens with one attached hydrogen (secondary N) is 1. The molecule has 21 heavy (non-hydrogen) atoms. The molecule has 1 atom stereocenters. The lowest BCUT2D eigenvalue weighted by atomic mass is 10.1. The minimum Gasteiger partial charge on any atom is -0.340 e. The Morgan fingerprint density at radius 2 is 2.05 bits per heavy atom. The highest BCUT2D eigenvalue weighted by atomic mass is 79.9. The second-order valence-electron chi connectivity index (χ2n) is 5.69. The van der Waals surface area contributed by atoms with Crippen molar-refractivity contribution in [1.29, 1.82) is 0 Å². The van der Waals surface area contributed by atoms with Crippen LogP contribution in [0.4, 0.5) is 0 Å². The van der Waals surface area contributed by atoms with E-state index in [4.69, 9.17) is 0 Å². The van der Waals surface area contributed by atoms with Crippen LogP contribution in [0.25, 0.3) is 10.8 Å². The van der Waals surface area contributed by atoms with E-state index in [2.05, 4.69) is 27.3 Å². The third-order valence-electron chi connectivity index (χ3n) is 4.05. The Bertz CT molecular complexity index is 665. The largest absolute Gasteiger partial charge is 0.340 e. The van der Waals surface area contributed by atoms with Crippen molar-refractivity contribution in [3.05, 3.63) is 46.4 Å². The number of halogens is 1. The lowest BCUT2D eigenvalue weighted by Crippen LogP contribution is -2.38. The zero-order valence-electron chi connectivity index (χ0n) is 12.1. The summed E-state index contributed by atoms with van der Waals surface area (Å²) in [5.74, 6) is 0.0912. The third-order valence-corrected chi connectivity index (χ3v) is 4.55. The zero-order chi connectivity index (χ0) is 14.8. The number of nitrogens with zero attached hydrogens (tertiary/aromatic N) is 1. The maximum atomic E-state index is 12.5. The average Bonchev–Trinajstić information content (AvgIpc) is 2.98. The van der Waals surface area contributed by atoms with E-state index in [9.17, 15) is 4.79 Å². The number of benzene rings is 2. The van der Waals surface area contributed by atoms with E-state index in [0.717, 1.165) is 40.3 Å². The van der Waals surface area contributed by atoms with Crippen molar-refractivity contribution in [3.8, 4) is 0 Å². The smallest absolute Gasteiger partial charge is 0.253 e. The highest BCUT2D eigenvalue weighted by molar-refractivity contribution is 9.10. The van der Waals surface area contributed by atoms with Gasteiger partial charge in [0.05, 0.1) is 0 Å². The van der Waals surface area contributed by atoms with Crippen LogP contribution in [0.15, 0.2) is 40.9 Å². The lowest BCUT2D eigenvalue weighted by Gasteiger charge is -2.21. The summed E-state index contributed by atoms with van der Waals surface area (Å²) >= 11 is 3.47. The Labute approximate surface area is 133 Å². The molecule has 110 valence electrons. The normalized spacial score (nSPS) is 18.1. The molecule has 2 aromatic rings. The van der Waals surface area contributed by atoms with E-state index in [-0.39, 0.29) is 5.91 Å². The molecule has 0 aliphatic carbocycles. The Hall–Kier alpha value is -1.39. The minimum absolute atomic E-state index is 0.0912. The van der Waals surface area contributed by atoms with Gasteiger partial charge in [0.15, 0.2) is 0 Å². The van der Waals surface area contributed by atoms with Crippen LogP contribution in [0.2, 0.25) is 0 Å². The van der Waals surface area contributed by atoms with Crippen LogP contribution in [0.1, 0.15) is 23.2 Å². The molecular formula is C17H19BrN2O. The molecule has 1 unspecified atom stereocenters. The minimum atomic E-state index is 0.0912. The SMILES string of the molecule is CN(CC1CCCN1)C(=O)c1ccc2cc(Br)ccc2c1. The van der Waals surface area contributed by atoms with Crippen LogP contribution in [0, 0.1) is 0 Å². The molecule has 1 aliphatic rings. The molecule has 1 N–H and O–H groups in total. The number of rotatable bonds is 3. The summed E-state index contributed by atoms with van der Waals surface area (Å²) in [6.45, 7) is 1.84. The summed E-state index contributed by atoms with van der Waals surface area (Å²) in [7, 11) is 1.88. The van der Waals surface area contributed by atoms with Crippen molar-refractivity contribution in [2.45, 2.75) is 18.9 Å². The summed E-state index contributed by atoms with van der Waals surface area (Å²) in [4.78, 5) is 14.4. The monoisotopic (exact) mass is 346 g/mol. The average molecular weight is 347 g/mol. The Kier molecular flexibility index (Phi) is 4.27. The number of hydrogen-bond acceptors (Lipinski definition) is 2. The second-order valence-corrected chi connectivity index (χ2v) is 6.60. The number of carbonyl (C=O) groups is 1. The predicted octanol–water partition coefficient (Wildman–Crippen LogP) is 3.43. The Morgan fingerprint density at radius 3 is 2.81 bits per heavy atom. The highest BCUT2D eigenvalue weighted by Crippen LogP contribution is 2.21. The van der Waals surface area contributed by atoms with Gasteiger partial charge in [-0.05, 0) is 54.4 Å². The summed E-state index contributed by atoms with van der Waals surface area (Å²) in [5.41, 5.74) is 0.755. The van der Waals surface area contributed by atoms with Gasteiger partial charge < -0.3 is 10.2 Å². The van der Waals surface area contributed by atoms with E-state index >= 15 is 0 Å². The standard InChI is InChI=1S/C17H19BrN2O/c1-20(11-16-3-2-8-19-16)17(21)14-5-4-13-10-15(18)7-6-12(13)9-14/h4-7,9-10,16,19H,2-3,8,11H2,1H3. The van der Waals surface area contributed by atoms with Crippen molar-refractivity contribution in [2.24, 2.45) is 0 Å². The van der Waals surface area contributed by atoms with Gasteiger partial charge in [0.1, 0.15) is 0 Å². The molecule has 1 saturated heterocycles. The van der Waals surface area contributed by atoms with Gasteiger partial charge in [0.25, 0.3) is 5.91 Å². The Balaban J connectivity index is 1.78. The van der Waals surface area contributed by atoms with Crippen LogP contribution in [0.3, 0.4) is 0 Å². The molecular weight excluding hydrogens is 328 g/mol. The molecule has 1 amide bonds. The molecule has 4 heteroatoms. The molecule has 2 aromatic carbocycles. The molecule has 0 aromatic heterocycles. The fourth-order valence-electron chi connectivity index (χ4n) is 2.90. The van der Waals surface area contributed by atoms with E-state index in [1.807, 2.05) is 42.3 Å². The van der Waals surface area contributed by atoms with Gasteiger partial charge in [-0.1, -0.05) is 28.1 Å². The molecule has 0 spiro atoms. The van der Waals surface area contributed by atoms with Crippen molar-refractivity contribution in [3.63, 3.8) is 0 Å². The predicted molar refractivity (Wildman–Crippen MR) is 89.6 cm³/mol. The maximum absolute atomic E-state index is 12.5. The number of fused-ring (bicyclic) bond motifs is 1. The molecule has 0 radical (unpaired) electrons. The van der Waals surface area contributed by atoms with Crippen molar-refractivity contribution in [2.75, 3.05) is 20.1 Å². The molecule has 1 aliphatic heterocycles. The van der Waals surface area contributed by atoms with Crippen LogP contribution >= 0.6 is 15.9 Å². The zero-order valence-corrected chi connectivity index (χ0v) is 13.7. The van der Waals surface area contributed by atoms with Crippen LogP contribution in [0.5, 0.6) is 0 Å². The van der Waals surface area contributed by atoms with Gasteiger partial charge in [-0.25, -0.2) is 0 Å². The lowest BCUT2D eigenvalue weighted by molar-refractivity contribution is 0.0784. The van der Waals surface area contributed by atoms with E-state index in [1.54, 1.807) is 0 Å². The van der Waals surface area contributed by atoms with Crippen LogP contribution < -0.4 is 5.32 Å². The van der Waals surface area contributed by atoms with E-state index < -0.39 is 0 Å². The molecule has 1 heterocycles. The summed E-state index contributed by atoms with van der Waals surface area (Å²) in [5, 5.41) is 5.66. The molecule has 3 rings (SSSR count). The molecule has 0 bridgehead atoms. The topological polar surface area (TPSA) is 32.3 Å².